The Morgan fingerprint density at radius 3 is 2.52 bits per heavy atom. The van der Waals surface area contributed by atoms with Crippen molar-refractivity contribution in [1.82, 2.24) is 10.2 Å². The Morgan fingerprint density at radius 1 is 1.22 bits per heavy atom. The molecule has 27 heavy (non-hydrogen) atoms. The zero-order valence-electron chi connectivity index (χ0n) is 14.5. The van der Waals surface area contributed by atoms with Crippen molar-refractivity contribution in [3.63, 3.8) is 0 Å². The van der Waals surface area contributed by atoms with Crippen molar-refractivity contribution < 1.29 is 13.5 Å². The molecule has 1 aromatic carbocycles. The smallest absolute Gasteiger partial charge is 0.263 e. The average Bonchev–Trinajstić information content (AvgIpc) is 2.66. The molecule has 10 heteroatoms. The molecule has 2 aromatic rings. The normalized spacial score (nSPS) is 12.6. The molecule has 0 saturated carbocycles. The molecule has 2 rings (SSSR count). The van der Waals surface area contributed by atoms with Crippen LogP contribution in [0.15, 0.2) is 57.8 Å². The predicted octanol–water partition coefficient (Wildman–Crippen LogP) is 2.74. The molecule has 1 heterocycles. The maximum absolute atomic E-state index is 12.6. The fourth-order valence-corrected chi connectivity index (χ4v) is 1.87. The molecule has 1 aromatic heterocycles. The van der Waals surface area contributed by atoms with Crippen molar-refractivity contribution in [1.29, 1.82) is 0 Å². The van der Waals surface area contributed by atoms with E-state index in [4.69, 9.17) is 16.2 Å². The van der Waals surface area contributed by atoms with Crippen molar-refractivity contribution in [3.8, 4) is 5.88 Å². The Kier molecular flexibility index (Phi) is 7.17. The zero-order chi connectivity index (χ0) is 19.6. The summed E-state index contributed by atoms with van der Waals surface area (Å²) >= 11 is 0. The number of anilines is 1. The standard InChI is InChI=1S/C17H19F2N7O/c1-11(21)14(24-13-4-2-12(3-5-13)17(18)19)8-27-16-7-6-15(25-26-16)23-10-22-9-20/h2-7,9-10,17,24H,8,21H2,1H3,(H2,20,22,23,25)/b14-11-. The van der Waals surface area contributed by atoms with Gasteiger partial charge in [0, 0.05) is 23.0 Å². The molecule has 0 aliphatic carbocycles. The Labute approximate surface area is 154 Å². The van der Waals surface area contributed by atoms with Gasteiger partial charge in [-0.15, -0.1) is 10.2 Å². The number of allylic oxidation sites excluding steroid dienone is 1. The molecule has 0 amide bonds. The first kappa shape index (κ1) is 19.8. The number of aliphatic imine (C=N–C) groups is 2. The Morgan fingerprint density at radius 2 is 1.96 bits per heavy atom. The van der Waals surface area contributed by atoms with Gasteiger partial charge in [0.1, 0.15) is 12.9 Å². The summed E-state index contributed by atoms with van der Waals surface area (Å²) in [6, 6.07) is 8.96. The summed E-state index contributed by atoms with van der Waals surface area (Å²) in [5.74, 6) is 0.612. The van der Waals surface area contributed by atoms with E-state index >= 15 is 0 Å². The molecule has 0 radical (unpaired) electrons. The van der Waals surface area contributed by atoms with E-state index in [9.17, 15) is 8.78 Å². The van der Waals surface area contributed by atoms with E-state index in [0.717, 1.165) is 6.34 Å². The number of benzene rings is 1. The van der Waals surface area contributed by atoms with E-state index in [0.29, 0.717) is 22.9 Å². The third-order valence-electron chi connectivity index (χ3n) is 3.27. The number of alkyl halides is 2. The van der Waals surface area contributed by atoms with Crippen LogP contribution in [0.3, 0.4) is 0 Å². The molecule has 8 nitrogen and oxygen atoms in total. The number of rotatable bonds is 8. The predicted molar refractivity (Wildman–Crippen MR) is 100 cm³/mol. The molecule has 142 valence electrons. The fourth-order valence-electron chi connectivity index (χ4n) is 1.87. The van der Waals surface area contributed by atoms with Crippen LogP contribution in [0.4, 0.5) is 20.3 Å². The molecular formula is C17H19F2N7O. The van der Waals surface area contributed by atoms with E-state index in [2.05, 4.69) is 25.5 Å². The number of nitrogens with two attached hydrogens (primary N) is 2. The molecular weight excluding hydrogens is 356 g/mol. The third kappa shape index (κ3) is 6.34. The van der Waals surface area contributed by atoms with Gasteiger partial charge in [0.15, 0.2) is 5.82 Å². The molecule has 0 fully saturated rings. The van der Waals surface area contributed by atoms with Crippen LogP contribution in [-0.4, -0.2) is 29.5 Å². The zero-order valence-corrected chi connectivity index (χ0v) is 14.5. The number of nitrogens with zero attached hydrogens (tertiary/aromatic N) is 4. The van der Waals surface area contributed by atoms with Crippen LogP contribution < -0.4 is 21.5 Å². The number of ether oxygens (including phenoxy) is 1. The maximum Gasteiger partial charge on any atom is 0.263 e. The lowest BCUT2D eigenvalue weighted by atomic mass is 10.2. The topological polar surface area (TPSA) is 124 Å². The Hall–Kier alpha value is -3.56. The average molecular weight is 375 g/mol. The second-order valence-corrected chi connectivity index (χ2v) is 5.27. The SMILES string of the molecule is C/C(N)=C(\COc1ccc(N=CN=CN)nn1)Nc1ccc(C(F)F)cc1. The number of hydrogen-bond donors (Lipinski definition) is 3. The second kappa shape index (κ2) is 9.80. The van der Waals surface area contributed by atoms with Gasteiger partial charge in [-0.2, -0.15) is 0 Å². The van der Waals surface area contributed by atoms with Crippen LogP contribution in [0.1, 0.15) is 18.9 Å². The van der Waals surface area contributed by atoms with Gasteiger partial charge in [0.2, 0.25) is 5.88 Å². The minimum atomic E-state index is -2.51. The summed E-state index contributed by atoms with van der Waals surface area (Å²) in [5.41, 5.74) is 12.6. The minimum Gasteiger partial charge on any atom is -0.470 e. The number of nitrogens with one attached hydrogen (secondary N) is 1. The first-order valence-electron chi connectivity index (χ1n) is 7.82. The largest absolute Gasteiger partial charge is 0.470 e. The van der Waals surface area contributed by atoms with Gasteiger partial charge in [-0.3, -0.25) is 0 Å². The van der Waals surface area contributed by atoms with Crippen molar-refractivity contribution in [2.75, 3.05) is 11.9 Å². The van der Waals surface area contributed by atoms with Gasteiger partial charge in [0.25, 0.3) is 6.43 Å². The highest BCUT2D eigenvalue weighted by Gasteiger charge is 2.08. The van der Waals surface area contributed by atoms with Gasteiger partial charge in [0.05, 0.1) is 12.0 Å². The minimum absolute atomic E-state index is 0.0537. The van der Waals surface area contributed by atoms with E-state index < -0.39 is 6.43 Å². The van der Waals surface area contributed by atoms with Gasteiger partial charge in [-0.05, 0) is 25.1 Å². The summed E-state index contributed by atoms with van der Waals surface area (Å²) < 4.78 is 30.8. The van der Waals surface area contributed by atoms with E-state index in [-0.39, 0.29) is 18.1 Å². The van der Waals surface area contributed by atoms with Crippen LogP contribution in [0.5, 0.6) is 5.88 Å². The summed E-state index contributed by atoms with van der Waals surface area (Å²) in [4.78, 5) is 7.52. The molecule has 0 atom stereocenters. The highest BCUT2D eigenvalue weighted by atomic mass is 19.3. The Balaban J connectivity index is 1.97. The van der Waals surface area contributed by atoms with E-state index in [1.54, 1.807) is 31.2 Å². The van der Waals surface area contributed by atoms with Gasteiger partial charge in [-0.25, -0.2) is 18.8 Å². The number of hydrogen-bond acceptors (Lipinski definition) is 6. The van der Waals surface area contributed by atoms with Crippen molar-refractivity contribution >= 4 is 24.2 Å². The highest BCUT2D eigenvalue weighted by molar-refractivity contribution is 5.71. The molecule has 0 saturated heterocycles. The molecule has 5 N–H and O–H groups in total. The molecule has 0 aliphatic heterocycles. The summed E-state index contributed by atoms with van der Waals surface area (Å²) in [6.45, 7) is 1.79. The van der Waals surface area contributed by atoms with E-state index in [1.807, 2.05) is 0 Å². The molecule has 0 aliphatic rings. The number of halogens is 2. The van der Waals surface area contributed by atoms with E-state index in [1.165, 1.54) is 18.5 Å². The van der Waals surface area contributed by atoms with Crippen LogP contribution in [0.25, 0.3) is 0 Å². The first-order valence-corrected chi connectivity index (χ1v) is 7.82. The van der Waals surface area contributed by atoms with Crippen molar-refractivity contribution in [3.05, 3.63) is 53.4 Å². The van der Waals surface area contributed by atoms with Crippen LogP contribution in [0, 0.1) is 0 Å². The van der Waals surface area contributed by atoms with Crippen LogP contribution in [-0.2, 0) is 0 Å². The molecule has 0 bridgehead atoms. The summed E-state index contributed by atoms with van der Waals surface area (Å²) in [5, 5.41) is 10.8. The number of aromatic nitrogens is 2. The lowest BCUT2D eigenvalue weighted by Crippen LogP contribution is -2.15. The van der Waals surface area contributed by atoms with Crippen molar-refractivity contribution in [2.24, 2.45) is 21.5 Å². The monoisotopic (exact) mass is 375 g/mol. The highest BCUT2D eigenvalue weighted by Crippen LogP contribution is 2.21. The molecule has 0 unspecified atom stereocenters. The van der Waals surface area contributed by atoms with Gasteiger partial charge < -0.3 is 21.5 Å². The first-order chi connectivity index (χ1) is 13.0. The maximum atomic E-state index is 12.6. The molecule has 0 spiro atoms. The van der Waals surface area contributed by atoms with Gasteiger partial charge in [-0.1, -0.05) is 12.1 Å². The quantitative estimate of drug-likeness (QED) is 0.481. The Bertz CT molecular complexity index is 814. The van der Waals surface area contributed by atoms with Crippen molar-refractivity contribution in [2.45, 2.75) is 13.3 Å². The lowest BCUT2D eigenvalue weighted by Gasteiger charge is -2.14. The summed E-state index contributed by atoms with van der Waals surface area (Å²) in [6.07, 6.45) is -0.167. The summed E-state index contributed by atoms with van der Waals surface area (Å²) in [7, 11) is 0. The lowest BCUT2D eigenvalue weighted by molar-refractivity contribution is 0.151. The third-order valence-corrected chi connectivity index (χ3v) is 3.27. The fraction of sp³-hybridized carbons (Fsp3) is 0.176. The van der Waals surface area contributed by atoms with Gasteiger partial charge >= 0.3 is 0 Å². The van der Waals surface area contributed by atoms with Crippen LogP contribution in [0.2, 0.25) is 0 Å². The van der Waals surface area contributed by atoms with Crippen LogP contribution >= 0.6 is 0 Å². The second-order valence-electron chi connectivity index (χ2n) is 5.27.